The highest BCUT2D eigenvalue weighted by molar-refractivity contribution is 5.91. The van der Waals surface area contributed by atoms with Gasteiger partial charge in [0.05, 0.1) is 16.9 Å². The molecule has 1 atom stereocenters. The number of alkyl halides is 1. The van der Waals surface area contributed by atoms with E-state index in [2.05, 4.69) is 15.6 Å². The summed E-state index contributed by atoms with van der Waals surface area (Å²) >= 11 is 0. The molecular formula is C23H26FN3O2. The van der Waals surface area contributed by atoms with Crippen LogP contribution in [-0.4, -0.2) is 21.6 Å². The summed E-state index contributed by atoms with van der Waals surface area (Å²) in [7, 11) is 0. The van der Waals surface area contributed by atoms with Gasteiger partial charge in [-0.2, -0.15) is 0 Å². The average molecular weight is 395 g/mol. The van der Waals surface area contributed by atoms with Gasteiger partial charge in [0.25, 0.3) is 0 Å². The summed E-state index contributed by atoms with van der Waals surface area (Å²) in [6.07, 6.45) is 9.10. The SMILES string of the molecule is O=C(O)c1ccc(NC23CC4CC(CC(C4)C2)C3)c(NC(F)c2cccnc2)c1. The second-order valence-corrected chi connectivity index (χ2v) is 9.18. The number of hydrogen-bond donors (Lipinski definition) is 3. The zero-order chi connectivity index (χ0) is 20.0. The third kappa shape index (κ3) is 3.56. The Balaban J connectivity index is 1.44. The van der Waals surface area contributed by atoms with E-state index in [1.807, 2.05) is 0 Å². The van der Waals surface area contributed by atoms with Gasteiger partial charge < -0.3 is 15.7 Å². The highest BCUT2D eigenvalue weighted by atomic mass is 19.1. The molecule has 4 bridgehead atoms. The molecule has 4 aliphatic carbocycles. The van der Waals surface area contributed by atoms with Crippen molar-refractivity contribution in [3.63, 3.8) is 0 Å². The van der Waals surface area contributed by atoms with Gasteiger partial charge in [0.15, 0.2) is 6.30 Å². The summed E-state index contributed by atoms with van der Waals surface area (Å²) in [5.41, 5.74) is 1.87. The van der Waals surface area contributed by atoms with Crippen molar-refractivity contribution in [3.05, 3.63) is 53.9 Å². The van der Waals surface area contributed by atoms with E-state index in [9.17, 15) is 14.3 Å². The number of pyridine rings is 1. The van der Waals surface area contributed by atoms with E-state index in [4.69, 9.17) is 0 Å². The number of carboxylic acids is 1. The first kappa shape index (κ1) is 18.4. The molecule has 6 heteroatoms. The first-order valence-electron chi connectivity index (χ1n) is 10.5. The monoisotopic (exact) mass is 395 g/mol. The Morgan fingerprint density at radius 3 is 2.38 bits per heavy atom. The molecule has 0 spiro atoms. The van der Waals surface area contributed by atoms with E-state index >= 15 is 0 Å². The largest absolute Gasteiger partial charge is 0.478 e. The van der Waals surface area contributed by atoms with Gasteiger partial charge in [-0.3, -0.25) is 4.98 Å². The molecule has 1 aromatic carbocycles. The van der Waals surface area contributed by atoms with Gasteiger partial charge in [-0.25, -0.2) is 9.18 Å². The van der Waals surface area contributed by atoms with Gasteiger partial charge in [-0.15, -0.1) is 0 Å². The molecule has 5 nitrogen and oxygen atoms in total. The number of nitrogens with zero attached hydrogens (tertiary/aromatic N) is 1. The summed E-state index contributed by atoms with van der Waals surface area (Å²) in [5.74, 6) is 1.33. The minimum Gasteiger partial charge on any atom is -0.478 e. The van der Waals surface area contributed by atoms with Crippen LogP contribution in [0.5, 0.6) is 0 Å². The molecule has 4 fully saturated rings. The number of anilines is 2. The molecule has 2 aromatic rings. The summed E-state index contributed by atoms with van der Waals surface area (Å²) in [6, 6.07) is 8.24. The number of aromatic carboxylic acids is 1. The van der Waals surface area contributed by atoms with Crippen LogP contribution in [0, 0.1) is 17.8 Å². The molecular weight excluding hydrogens is 369 g/mol. The highest BCUT2D eigenvalue weighted by Gasteiger charge is 2.51. The molecule has 0 radical (unpaired) electrons. The summed E-state index contributed by atoms with van der Waals surface area (Å²) in [4.78, 5) is 15.5. The Bertz CT molecular complexity index is 882. The third-order valence-electron chi connectivity index (χ3n) is 6.96. The minimum absolute atomic E-state index is 0.0516. The number of carbonyl (C=O) groups is 1. The van der Waals surface area contributed by atoms with E-state index < -0.39 is 12.3 Å². The van der Waals surface area contributed by atoms with Crippen LogP contribution in [0.3, 0.4) is 0 Å². The van der Waals surface area contributed by atoms with Crippen molar-refractivity contribution >= 4 is 17.3 Å². The van der Waals surface area contributed by atoms with Crippen molar-refractivity contribution in [2.45, 2.75) is 50.4 Å². The Labute approximate surface area is 169 Å². The van der Waals surface area contributed by atoms with Crippen LogP contribution in [0.4, 0.5) is 15.8 Å². The summed E-state index contributed by atoms with van der Waals surface area (Å²) in [5, 5.41) is 16.0. The fourth-order valence-corrected chi connectivity index (χ4v) is 6.20. The number of halogens is 1. The highest BCUT2D eigenvalue weighted by Crippen LogP contribution is 2.57. The molecule has 1 unspecified atom stereocenters. The maximum Gasteiger partial charge on any atom is 0.335 e. The lowest BCUT2D eigenvalue weighted by Crippen LogP contribution is -2.54. The van der Waals surface area contributed by atoms with E-state index in [0.717, 1.165) is 42.7 Å². The van der Waals surface area contributed by atoms with Gasteiger partial charge >= 0.3 is 5.97 Å². The molecule has 1 aromatic heterocycles. The first-order valence-corrected chi connectivity index (χ1v) is 10.5. The summed E-state index contributed by atoms with van der Waals surface area (Å²) in [6.45, 7) is 0. The molecule has 0 aliphatic heterocycles. The van der Waals surface area contributed by atoms with Gasteiger partial charge in [0.1, 0.15) is 0 Å². The normalized spacial score (nSPS) is 30.7. The quantitative estimate of drug-likeness (QED) is 0.583. The lowest BCUT2D eigenvalue weighted by Gasteiger charge is -2.57. The van der Waals surface area contributed by atoms with Crippen molar-refractivity contribution in [3.8, 4) is 0 Å². The Hall–Kier alpha value is -2.63. The molecule has 4 aliphatic rings. The van der Waals surface area contributed by atoms with Crippen LogP contribution in [0.2, 0.25) is 0 Å². The van der Waals surface area contributed by atoms with E-state index in [0.29, 0.717) is 11.3 Å². The number of nitrogens with one attached hydrogen (secondary N) is 2. The van der Waals surface area contributed by atoms with E-state index in [1.165, 1.54) is 31.5 Å². The molecule has 4 saturated carbocycles. The molecule has 6 rings (SSSR count). The number of aromatic nitrogens is 1. The van der Waals surface area contributed by atoms with Crippen molar-refractivity contribution in [1.82, 2.24) is 4.98 Å². The minimum atomic E-state index is -1.47. The molecule has 0 saturated heterocycles. The van der Waals surface area contributed by atoms with Crippen molar-refractivity contribution in [1.29, 1.82) is 0 Å². The van der Waals surface area contributed by atoms with Gasteiger partial charge in [-0.1, -0.05) is 6.07 Å². The lowest BCUT2D eigenvalue weighted by atomic mass is 9.53. The fourth-order valence-electron chi connectivity index (χ4n) is 6.20. The van der Waals surface area contributed by atoms with Crippen LogP contribution < -0.4 is 10.6 Å². The Morgan fingerprint density at radius 1 is 1.10 bits per heavy atom. The van der Waals surface area contributed by atoms with Crippen LogP contribution in [0.25, 0.3) is 0 Å². The zero-order valence-corrected chi connectivity index (χ0v) is 16.3. The second-order valence-electron chi connectivity index (χ2n) is 9.18. The first-order chi connectivity index (χ1) is 14.0. The molecule has 0 amide bonds. The number of benzene rings is 1. The molecule has 3 N–H and O–H groups in total. The maximum atomic E-state index is 14.9. The third-order valence-corrected chi connectivity index (χ3v) is 6.96. The smallest absolute Gasteiger partial charge is 0.335 e. The predicted molar refractivity (Wildman–Crippen MR) is 110 cm³/mol. The van der Waals surface area contributed by atoms with Crippen molar-refractivity contribution < 1.29 is 14.3 Å². The van der Waals surface area contributed by atoms with Gasteiger partial charge in [-0.05, 0) is 80.5 Å². The molecule has 29 heavy (non-hydrogen) atoms. The predicted octanol–water partition coefficient (Wildman–Crippen LogP) is 5.24. The van der Waals surface area contributed by atoms with Gasteiger partial charge in [0, 0.05) is 23.5 Å². The lowest BCUT2D eigenvalue weighted by molar-refractivity contribution is 0.0107. The van der Waals surface area contributed by atoms with Crippen LogP contribution in [-0.2, 0) is 0 Å². The van der Waals surface area contributed by atoms with E-state index in [1.54, 1.807) is 30.5 Å². The van der Waals surface area contributed by atoms with Gasteiger partial charge in [0.2, 0.25) is 0 Å². The fraction of sp³-hybridized carbons (Fsp3) is 0.478. The molecule has 1 heterocycles. The topological polar surface area (TPSA) is 74.2 Å². The number of carboxylic acid groups (broad SMARTS) is 1. The van der Waals surface area contributed by atoms with Crippen LogP contribution in [0.15, 0.2) is 42.7 Å². The standard InChI is InChI=1S/C23H26FN3O2/c24-21(18-2-1-5-25-13-18)26-20-9-17(22(28)29)3-4-19(20)27-23-10-14-6-15(11-23)8-16(7-14)12-23/h1-5,9,13-16,21,26-27H,6-8,10-12H2,(H,28,29). The van der Waals surface area contributed by atoms with Crippen LogP contribution >= 0.6 is 0 Å². The number of hydrogen-bond acceptors (Lipinski definition) is 4. The van der Waals surface area contributed by atoms with Crippen LogP contribution in [0.1, 0.15) is 60.7 Å². The van der Waals surface area contributed by atoms with Crippen molar-refractivity contribution in [2.24, 2.45) is 17.8 Å². The second kappa shape index (κ2) is 7.01. The Morgan fingerprint density at radius 2 is 1.79 bits per heavy atom. The average Bonchev–Trinajstić information content (AvgIpc) is 2.68. The number of rotatable bonds is 6. The summed E-state index contributed by atoms with van der Waals surface area (Å²) < 4.78 is 14.9. The van der Waals surface area contributed by atoms with E-state index in [-0.39, 0.29) is 11.1 Å². The van der Waals surface area contributed by atoms with Crippen molar-refractivity contribution in [2.75, 3.05) is 10.6 Å². The zero-order valence-electron chi connectivity index (χ0n) is 16.3. The maximum absolute atomic E-state index is 14.9. The molecule has 152 valence electrons. The Kier molecular flexibility index (Phi) is 4.45.